The highest BCUT2D eigenvalue weighted by atomic mass is 16.5. The molecule has 1 N–H and O–H groups in total. The number of nitrogens with zero attached hydrogens (tertiary/aromatic N) is 1. The first-order valence-electron chi connectivity index (χ1n) is 6.80. The van der Waals surface area contributed by atoms with Crippen LogP contribution in [0.2, 0.25) is 0 Å². The molecule has 1 aliphatic heterocycles. The molecule has 1 heterocycles. The second kappa shape index (κ2) is 6.21. The van der Waals surface area contributed by atoms with Crippen molar-refractivity contribution in [2.45, 2.75) is 38.4 Å². The van der Waals surface area contributed by atoms with Gasteiger partial charge in [-0.1, -0.05) is 19.1 Å². The van der Waals surface area contributed by atoms with Crippen molar-refractivity contribution in [2.24, 2.45) is 0 Å². The highest BCUT2D eigenvalue weighted by Crippen LogP contribution is 2.24. The maximum atomic E-state index is 9.77. The Balaban J connectivity index is 1.98. The fraction of sp³-hybridized carbons (Fsp3) is 0.600. The van der Waals surface area contributed by atoms with E-state index in [2.05, 4.69) is 17.0 Å². The summed E-state index contributed by atoms with van der Waals surface area (Å²) in [6.45, 7) is 4.09. The maximum Gasteiger partial charge on any atom is 0.0787 e. The van der Waals surface area contributed by atoms with Crippen LogP contribution in [-0.2, 0) is 4.74 Å². The van der Waals surface area contributed by atoms with Gasteiger partial charge >= 0.3 is 0 Å². The number of aliphatic hydroxyl groups excluding tert-OH is 1. The third kappa shape index (κ3) is 3.03. The molecule has 0 amide bonds. The van der Waals surface area contributed by atoms with E-state index < -0.39 is 0 Å². The number of hydrogen-bond acceptors (Lipinski definition) is 3. The van der Waals surface area contributed by atoms with Gasteiger partial charge in [0.2, 0.25) is 0 Å². The van der Waals surface area contributed by atoms with Crippen LogP contribution in [0.4, 0.5) is 5.69 Å². The summed E-state index contributed by atoms with van der Waals surface area (Å²) in [5.74, 6) is 0. The van der Waals surface area contributed by atoms with Crippen molar-refractivity contribution in [2.75, 3.05) is 25.1 Å². The number of benzene rings is 1. The molecule has 3 heteroatoms. The maximum absolute atomic E-state index is 9.77. The molecular formula is C15H23NO2. The van der Waals surface area contributed by atoms with E-state index in [1.54, 1.807) is 7.11 Å². The lowest BCUT2D eigenvalue weighted by molar-refractivity contribution is 0.0819. The van der Waals surface area contributed by atoms with Gasteiger partial charge < -0.3 is 14.7 Å². The number of methoxy groups -OCH3 is 1. The summed E-state index contributed by atoms with van der Waals surface area (Å²) in [5, 5.41) is 9.77. The van der Waals surface area contributed by atoms with Crippen molar-refractivity contribution in [1.82, 2.24) is 0 Å². The molecule has 1 fully saturated rings. The number of piperidine rings is 1. The molecule has 18 heavy (non-hydrogen) atoms. The zero-order chi connectivity index (χ0) is 13.0. The van der Waals surface area contributed by atoms with E-state index in [0.29, 0.717) is 6.10 Å². The van der Waals surface area contributed by atoms with Crippen molar-refractivity contribution >= 4 is 5.69 Å². The van der Waals surface area contributed by atoms with E-state index >= 15 is 0 Å². The number of anilines is 1. The van der Waals surface area contributed by atoms with Gasteiger partial charge in [0.05, 0.1) is 12.2 Å². The molecule has 1 aromatic rings. The summed E-state index contributed by atoms with van der Waals surface area (Å²) in [5.41, 5.74) is 2.25. The molecule has 0 radical (unpaired) electrons. The highest BCUT2D eigenvalue weighted by Gasteiger charge is 2.18. The summed E-state index contributed by atoms with van der Waals surface area (Å²) < 4.78 is 5.38. The molecular weight excluding hydrogens is 226 g/mol. The normalized spacial score (nSPS) is 18.9. The van der Waals surface area contributed by atoms with E-state index in [1.807, 2.05) is 19.1 Å². The smallest absolute Gasteiger partial charge is 0.0787 e. The molecule has 1 saturated heterocycles. The highest BCUT2D eigenvalue weighted by molar-refractivity contribution is 5.48. The Morgan fingerprint density at radius 3 is 2.39 bits per heavy atom. The Bertz CT molecular complexity index is 355. The third-order valence-electron chi connectivity index (χ3n) is 3.81. The fourth-order valence-electron chi connectivity index (χ4n) is 2.49. The predicted molar refractivity (Wildman–Crippen MR) is 73.9 cm³/mol. The van der Waals surface area contributed by atoms with E-state index in [1.165, 1.54) is 5.69 Å². The third-order valence-corrected chi connectivity index (χ3v) is 3.81. The minimum absolute atomic E-state index is 0.335. The standard InChI is InChI=1S/C15H23NO2/c1-3-15(17)12-4-6-13(7-5-12)16-10-8-14(18-2)9-11-16/h4-7,14-15,17H,3,8-11H2,1-2H3/t15-/m0/s1. The summed E-state index contributed by atoms with van der Waals surface area (Å²) in [6.07, 6.45) is 3.03. The summed E-state index contributed by atoms with van der Waals surface area (Å²) in [4.78, 5) is 2.39. The lowest BCUT2D eigenvalue weighted by Crippen LogP contribution is -2.36. The average Bonchev–Trinajstić information content (AvgIpc) is 2.47. The van der Waals surface area contributed by atoms with Gasteiger partial charge in [-0.2, -0.15) is 0 Å². The zero-order valence-electron chi connectivity index (χ0n) is 11.3. The first-order valence-corrected chi connectivity index (χ1v) is 6.80. The number of aliphatic hydroxyl groups is 1. The Labute approximate surface area is 109 Å². The molecule has 0 aromatic heterocycles. The van der Waals surface area contributed by atoms with Gasteiger partial charge in [-0.05, 0) is 37.0 Å². The number of ether oxygens (including phenoxy) is 1. The second-order valence-electron chi connectivity index (χ2n) is 4.94. The van der Waals surface area contributed by atoms with Crippen LogP contribution in [0.15, 0.2) is 24.3 Å². The van der Waals surface area contributed by atoms with Crippen LogP contribution in [-0.4, -0.2) is 31.4 Å². The van der Waals surface area contributed by atoms with Crippen LogP contribution in [0.3, 0.4) is 0 Å². The van der Waals surface area contributed by atoms with Crippen LogP contribution in [0.25, 0.3) is 0 Å². The van der Waals surface area contributed by atoms with Gasteiger partial charge in [0.1, 0.15) is 0 Å². The lowest BCUT2D eigenvalue weighted by Gasteiger charge is -2.33. The van der Waals surface area contributed by atoms with Gasteiger partial charge in [-0.25, -0.2) is 0 Å². The Kier molecular flexibility index (Phi) is 4.61. The molecule has 2 rings (SSSR count). The van der Waals surface area contributed by atoms with E-state index in [4.69, 9.17) is 4.74 Å². The minimum Gasteiger partial charge on any atom is -0.388 e. The average molecular weight is 249 g/mol. The minimum atomic E-state index is -0.335. The Morgan fingerprint density at radius 1 is 1.28 bits per heavy atom. The molecule has 0 bridgehead atoms. The van der Waals surface area contributed by atoms with E-state index in [0.717, 1.165) is 37.9 Å². The molecule has 0 unspecified atom stereocenters. The van der Waals surface area contributed by atoms with E-state index in [9.17, 15) is 5.11 Å². The predicted octanol–water partition coefficient (Wildman–Crippen LogP) is 2.75. The SMILES string of the molecule is CC[C@H](O)c1ccc(N2CCC(OC)CC2)cc1. The molecule has 0 spiro atoms. The van der Waals surface area contributed by atoms with Crippen LogP contribution >= 0.6 is 0 Å². The van der Waals surface area contributed by atoms with Crippen molar-refractivity contribution in [1.29, 1.82) is 0 Å². The monoisotopic (exact) mass is 249 g/mol. The van der Waals surface area contributed by atoms with Crippen LogP contribution in [0.1, 0.15) is 37.9 Å². The van der Waals surface area contributed by atoms with Crippen molar-refractivity contribution in [3.63, 3.8) is 0 Å². The van der Waals surface area contributed by atoms with Gasteiger partial charge in [-0.15, -0.1) is 0 Å². The van der Waals surface area contributed by atoms with Crippen LogP contribution in [0, 0.1) is 0 Å². The molecule has 1 atom stereocenters. The van der Waals surface area contributed by atoms with Gasteiger partial charge in [0.15, 0.2) is 0 Å². The van der Waals surface area contributed by atoms with Crippen molar-refractivity contribution < 1.29 is 9.84 Å². The van der Waals surface area contributed by atoms with Gasteiger partial charge in [0.25, 0.3) is 0 Å². The molecule has 3 nitrogen and oxygen atoms in total. The molecule has 0 saturated carbocycles. The molecule has 1 aliphatic rings. The first kappa shape index (κ1) is 13.4. The summed E-state index contributed by atoms with van der Waals surface area (Å²) in [6, 6.07) is 8.29. The Hall–Kier alpha value is -1.06. The summed E-state index contributed by atoms with van der Waals surface area (Å²) >= 11 is 0. The zero-order valence-corrected chi connectivity index (χ0v) is 11.3. The fourth-order valence-corrected chi connectivity index (χ4v) is 2.49. The topological polar surface area (TPSA) is 32.7 Å². The molecule has 0 aliphatic carbocycles. The molecule has 1 aromatic carbocycles. The lowest BCUT2D eigenvalue weighted by atomic mass is 10.0. The molecule has 100 valence electrons. The van der Waals surface area contributed by atoms with Gasteiger partial charge in [0, 0.05) is 25.9 Å². The Morgan fingerprint density at radius 2 is 1.89 bits per heavy atom. The van der Waals surface area contributed by atoms with E-state index in [-0.39, 0.29) is 6.10 Å². The first-order chi connectivity index (χ1) is 8.74. The summed E-state index contributed by atoms with van der Waals surface area (Å²) in [7, 11) is 1.79. The van der Waals surface area contributed by atoms with Crippen molar-refractivity contribution in [3.05, 3.63) is 29.8 Å². The van der Waals surface area contributed by atoms with Crippen molar-refractivity contribution in [3.8, 4) is 0 Å². The number of rotatable bonds is 4. The second-order valence-corrected chi connectivity index (χ2v) is 4.94. The van der Waals surface area contributed by atoms with Gasteiger partial charge in [-0.3, -0.25) is 0 Å². The van der Waals surface area contributed by atoms with Crippen LogP contribution < -0.4 is 4.90 Å². The largest absolute Gasteiger partial charge is 0.388 e. The number of hydrogen-bond donors (Lipinski definition) is 1. The quantitative estimate of drug-likeness (QED) is 0.890. The van der Waals surface area contributed by atoms with Crippen LogP contribution in [0.5, 0.6) is 0 Å².